The molecule has 200 valence electrons. The van der Waals surface area contributed by atoms with Crippen molar-refractivity contribution < 1.29 is 17.9 Å². The number of benzene rings is 1. The Bertz CT molecular complexity index is 1520. The Morgan fingerprint density at radius 3 is 2.63 bits per heavy atom. The van der Waals surface area contributed by atoms with Crippen molar-refractivity contribution >= 4 is 5.52 Å². The number of hydrogen-bond donors (Lipinski definition) is 0. The number of hydrogen-bond acceptors (Lipinski definition) is 5. The molecule has 0 radical (unpaired) electrons. The zero-order valence-electron chi connectivity index (χ0n) is 21.1. The van der Waals surface area contributed by atoms with E-state index in [1.54, 1.807) is 48.3 Å². The summed E-state index contributed by atoms with van der Waals surface area (Å²) in [5.74, 6) is 0.210. The maximum Gasteiger partial charge on any atom is 0.337 e. The fraction of sp³-hybridized carbons (Fsp3) is 0.444. The van der Waals surface area contributed by atoms with Gasteiger partial charge in [0.2, 0.25) is 0 Å². The predicted molar refractivity (Wildman–Crippen MR) is 135 cm³/mol. The van der Waals surface area contributed by atoms with Gasteiger partial charge in [0, 0.05) is 44.6 Å². The second kappa shape index (κ2) is 9.70. The minimum absolute atomic E-state index is 0.173. The molecule has 0 amide bonds. The van der Waals surface area contributed by atoms with Gasteiger partial charge in [-0.25, -0.2) is 18.0 Å². The smallest absolute Gasteiger partial charge is 0.337 e. The number of fused-ring (bicyclic) bond motifs is 1. The average molecular weight is 527 g/mol. The first-order valence-electron chi connectivity index (χ1n) is 12.7. The molecule has 38 heavy (non-hydrogen) atoms. The molecule has 0 aliphatic carbocycles. The maximum absolute atomic E-state index is 15.8. The van der Waals surface area contributed by atoms with Crippen molar-refractivity contribution in [2.75, 3.05) is 26.3 Å². The first-order valence-corrected chi connectivity index (χ1v) is 12.7. The monoisotopic (exact) mass is 526 g/mol. The van der Waals surface area contributed by atoms with E-state index in [1.807, 2.05) is 6.07 Å². The Morgan fingerprint density at radius 1 is 1.18 bits per heavy atom. The number of rotatable bonds is 7. The summed E-state index contributed by atoms with van der Waals surface area (Å²) in [5, 5.41) is 7.76. The van der Waals surface area contributed by atoms with Crippen molar-refractivity contribution in [1.29, 1.82) is 0 Å². The summed E-state index contributed by atoms with van der Waals surface area (Å²) < 4.78 is 53.3. The highest BCUT2D eigenvalue weighted by atomic mass is 19.1. The van der Waals surface area contributed by atoms with Crippen LogP contribution in [0.1, 0.15) is 41.5 Å². The number of pyridine rings is 1. The van der Waals surface area contributed by atoms with E-state index in [0.29, 0.717) is 54.8 Å². The van der Waals surface area contributed by atoms with Crippen LogP contribution in [0.4, 0.5) is 13.2 Å². The summed E-state index contributed by atoms with van der Waals surface area (Å²) in [4.78, 5) is 15.6. The van der Waals surface area contributed by atoms with Crippen molar-refractivity contribution in [2.24, 2.45) is 7.05 Å². The molecule has 0 bridgehead atoms. The summed E-state index contributed by atoms with van der Waals surface area (Å²) in [7, 11) is 1.69. The maximum atomic E-state index is 15.8. The Hall–Kier alpha value is -3.44. The lowest BCUT2D eigenvalue weighted by Gasteiger charge is -2.43. The standard InChI is InChI=1S/C27H29F3N6O2/c1-33-17-31-32-25(33)24(30)27(15-38-16-27)20-3-2-4-22(10-20)35-14-23-19(11-28)9-18(13-36(23)26(35)37)12-34-7-5-21(29)6-8-34/h2-4,9-10,13-14,17,21,24H,5-8,11-12,15-16H2,1H3. The number of imidazole rings is 1. The molecule has 5 heterocycles. The number of likely N-dealkylation sites (tertiary alicyclic amines) is 1. The van der Waals surface area contributed by atoms with E-state index in [4.69, 9.17) is 4.74 Å². The van der Waals surface area contributed by atoms with Gasteiger partial charge in [-0.1, -0.05) is 12.1 Å². The Morgan fingerprint density at radius 2 is 1.97 bits per heavy atom. The normalized spacial score (nSPS) is 19.1. The fourth-order valence-electron chi connectivity index (χ4n) is 5.53. The van der Waals surface area contributed by atoms with E-state index in [-0.39, 0.29) is 24.7 Å². The molecule has 2 aliphatic rings. The van der Waals surface area contributed by atoms with Gasteiger partial charge in [0.15, 0.2) is 12.0 Å². The molecule has 8 nitrogen and oxygen atoms in total. The van der Waals surface area contributed by atoms with Crippen LogP contribution in [0.2, 0.25) is 0 Å². The van der Waals surface area contributed by atoms with Crippen molar-refractivity contribution in [3.8, 4) is 5.69 Å². The van der Waals surface area contributed by atoms with Crippen molar-refractivity contribution in [3.05, 3.63) is 82.1 Å². The molecular weight excluding hydrogens is 497 g/mol. The number of ether oxygens (including phenoxy) is 1. The number of nitrogens with zero attached hydrogens (tertiary/aromatic N) is 6. The van der Waals surface area contributed by atoms with Gasteiger partial charge in [0.1, 0.15) is 19.2 Å². The van der Waals surface area contributed by atoms with Crippen molar-refractivity contribution in [2.45, 2.75) is 43.8 Å². The lowest BCUT2D eigenvalue weighted by Crippen LogP contribution is -2.50. The SMILES string of the molecule is Cn1cnnc1C(F)C1(c2cccc(-n3cc4c(CF)cc(CN5CCC(F)CC5)cn4c3=O)c2)COC1. The third-order valence-corrected chi connectivity index (χ3v) is 7.85. The molecule has 11 heteroatoms. The van der Waals surface area contributed by atoms with Gasteiger partial charge in [-0.05, 0) is 42.2 Å². The molecule has 3 aromatic heterocycles. The third-order valence-electron chi connectivity index (χ3n) is 7.85. The van der Waals surface area contributed by atoms with Crippen molar-refractivity contribution in [3.63, 3.8) is 0 Å². The van der Waals surface area contributed by atoms with Crippen LogP contribution in [0, 0.1) is 0 Å². The minimum Gasteiger partial charge on any atom is -0.379 e. The van der Waals surface area contributed by atoms with Gasteiger partial charge >= 0.3 is 5.69 Å². The molecule has 2 saturated heterocycles. The summed E-state index contributed by atoms with van der Waals surface area (Å²) >= 11 is 0. The van der Waals surface area contributed by atoms with Gasteiger partial charge in [-0.2, -0.15) is 0 Å². The second-order valence-corrected chi connectivity index (χ2v) is 10.4. The number of aryl methyl sites for hydroxylation is 1. The van der Waals surface area contributed by atoms with Gasteiger partial charge in [-0.15, -0.1) is 10.2 Å². The fourth-order valence-corrected chi connectivity index (χ4v) is 5.53. The zero-order chi connectivity index (χ0) is 26.4. The van der Waals surface area contributed by atoms with Gasteiger partial charge < -0.3 is 9.30 Å². The molecule has 4 aromatic rings. The van der Waals surface area contributed by atoms with Crippen LogP contribution in [0.25, 0.3) is 11.2 Å². The Labute approximate surface area is 217 Å². The van der Waals surface area contributed by atoms with Gasteiger partial charge in [-0.3, -0.25) is 13.9 Å². The summed E-state index contributed by atoms with van der Waals surface area (Å²) in [6, 6.07) is 8.92. The van der Waals surface area contributed by atoms with E-state index < -0.39 is 24.4 Å². The number of halogens is 3. The van der Waals surface area contributed by atoms with E-state index in [0.717, 1.165) is 5.56 Å². The highest BCUT2D eigenvalue weighted by Crippen LogP contribution is 2.45. The van der Waals surface area contributed by atoms with Crippen LogP contribution >= 0.6 is 0 Å². The van der Waals surface area contributed by atoms with Crippen LogP contribution in [-0.4, -0.2) is 61.1 Å². The predicted octanol–water partition coefficient (Wildman–Crippen LogP) is 3.60. The molecular formula is C27H29F3N6O2. The Kier molecular flexibility index (Phi) is 6.35. The largest absolute Gasteiger partial charge is 0.379 e. The Balaban J connectivity index is 1.36. The first-order chi connectivity index (χ1) is 18.4. The molecule has 2 aliphatic heterocycles. The molecule has 6 rings (SSSR count). The first kappa shape index (κ1) is 24.9. The summed E-state index contributed by atoms with van der Waals surface area (Å²) in [6.45, 7) is 1.39. The zero-order valence-corrected chi connectivity index (χ0v) is 21.1. The van der Waals surface area contributed by atoms with Gasteiger partial charge in [0.05, 0.1) is 29.8 Å². The molecule has 0 spiro atoms. The van der Waals surface area contributed by atoms with Crippen LogP contribution in [0.3, 0.4) is 0 Å². The summed E-state index contributed by atoms with van der Waals surface area (Å²) in [5.41, 5.74) is 1.60. The third kappa shape index (κ3) is 4.14. The number of piperidine rings is 1. The van der Waals surface area contributed by atoms with Crippen LogP contribution < -0.4 is 5.69 Å². The van der Waals surface area contributed by atoms with Crippen LogP contribution in [-0.2, 0) is 30.4 Å². The number of alkyl halides is 3. The lowest BCUT2D eigenvalue weighted by atomic mass is 9.74. The second-order valence-electron chi connectivity index (χ2n) is 10.4. The molecule has 1 atom stereocenters. The highest BCUT2D eigenvalue weighted by Gasteiger charge is 2.50. The molecule has 0 N–H and O–H groups in total. The van der Waals surface area contributed by atoms with Crippen LogP contribution in [0.15, 0.2) is 53.8 Å². The lowest BCUT2D eigenvalue weighted by molar-refractivity contribution is -0.102. The van der Waals surface area contributed by atoms with E-state index in [1.165, 1.54) is 15.3 Å². The van der Waals surface area contributed by atoms with Crippen LogP contribution in [0.5, 0.6) is 0 Å². The number of aromatic nitrogens is 5. The average Bonchev–Trinajstić information content (AvgIpc) is 3.47. The highest BCUT2D eigenvalue weighted by molar-refractivity contribution is 5.56. The molecule has 0 saturated carbocycles. The molecule has 1 aromatic carbocycles. The van der Waals surface area contributed by atoms with Gasteiger partial charge in [0.25, 0.3) is 0 Å². The topological polar surface area (TPSA) is 69.6 Å². The van der Waals surface area contributed by atoms with Crippen molar-refractivity contribution in [1.82, 2.24) is 28.6 Å². The quantitative estimate of drug-likeness (QED) is 0.368. The van der Waals surface area contributed by atoms with E-state index >= 15 is 4.39 Å². The summed E-state index contributed by atoms with van der Waals surface area (Å²) in [6.07, 6.45) is 3.53. The van der Waals surface area contributed by atoms with E-state index in [9.17, 15) is 13.6 Å². The van der Waals surface area contributed by atoms with E-state index in [2.05, 4.69) is 15.1 Å². The molecule has 1 unspecified atom stereocenters. The minimum atomic E-state index is -1.45. The molecule has 2 fully saturated rings.